The van der Waals surface area contributed by atoms with E-state index in [4.69, 9.17) is 9.26 Å². The third kappa shape index (κ3) is 3.61. The van der Waals surface area contributed by atoms with E-state index in [1.807, 2.05) is 6.20 Å². The van der Waals surface area contributed by atoms with Crippen LogP contribution in [0.3, 0.4) is 0 Å². The number of rotatable bonds is 7. The molecule has 0 aliphatic heterocycles. The van der Waals surface area contributed by atoms with E-state index < -0.39 is 0 Å². The van der Waals surface area contributed by atoms with Crippen molar-refractivity contribution in [2.24, 2.45) is 0 Å². The lowest BCUT2D eigenvalue weighted by Crippen LogP contribution is -2.18. The zero-order valence-electron chi connectivity index (χ0n) is 9.54. The summed E-state index contributed by atoms with van der Waals surface area (Å²) in [4.78, 5) is 3.91. The molecule has 17 heavy (non-hydrogen) atoms. The van der Waals surface area contributed by atoms with Crippen molar-refractivity contribution in [3.05, 3.63) is 24.1 Å². The molecule has 0 unspecified atom stereocenters. The standard InChI is InChI=1S/C9H14N6O2/c1-16-3-2-10-4-8-5-15(14-13-8)6-9-11-7-12-17-9/h5,7,10H,2-4,6H2,1H3. The first-order valence-electron chi connectivity index (χ1n) is 5.22. The fourth-order valence-electron chi connectivity index (χ4n) is 1.29. The Morgan fingerprint density at radius 3 is 3.24 bits per heavy atom. The van der Waals surface area contributed by atoms with Gasteiger partial charge in [0.1, 0.15) is 6.54 Å². The van der Waals surface area contributed by atoms with Gasteiger partial charge in [0.25, 0.3) is 0 Å². The molecule has 2 aromatic rings. The molecule has 0 saturated heterocycles. The molecule has 0 aromatic carbocycles. The first kappa shape index (κ1) is 11.7. The summed E-state index contributed by atoms with van der Waals surface area (Å²) in [5.41, 5.74) is 0.862. The van der Waals surface area contributed by atoms with Gasteiger partial charge in [-0.25, -0.2) is 4.68 Å². The van der Waals surface area contributed by atoms with E-state index in [1.54, 1.807) is 11.8 Å². The van der Waals surface area contributed by atoms with Crippen LogP contribution in [0.1, 0.15) is 11.6 Å². The molecule has 92 valence electrons. The van der Waals surface area contributed by atoms with Crippen LogP contribution < -0.4 is 5.32 Å². The van der Waals surface area contributed by atoms with Gasteiger partial charge in [0, 0.05) is 20.2 Å². The minimum Gasteiger partial charge on any atom is -0.383 e. The van der Waals surface area contributed by atoms with Gasteiger partial charge in [0.05, 0.1) is 18.5 Å². The lowest BCUT2D eigenvalue weighted by Gasteiger charge is -1.99. The minimum atomic E-state index is 0.436. The number of methoxy groups -OCH3 is 1. The Morgan fingerprint density at radius 2 is 2.47 bits per heavy atom. The molecule has 2 aromatic heterocycles. The van der Waals surface area contributed by atoms with Gasteiger partial charge in [-0.15, -0.1) is 5.10 Å². The second-order valence-electron chi connectivity index (χ2n) is 3.41. The highest BCUT2D eigenvalue weighted by Crippen LogP contribution is 1.97. The van der Waals surface area contributed by atoms with Crippen LogP contribution in [0.4, 0.5) is 0 Å². The zero-order chi connectivity index (χ0) is 11.9. The second-order valence-corrected chi connectivity index (χ2v) is 3.41. The topological polar surface area (TPSA) is 90.9 Å². The molecule has 0 amide bonds. The normalized spacial score (nSPS) is 10.9. The molecule has 1 N–H and O–H groups in total. The van der Waals surface area contributed by atoms with Crippen LogP contribution in [0.25, 0.3) is 0 Å². The van der Waals surface area contributed by atoms with Gasteiger partial charge in [-0.05, 0) is 0 Å². The Morgan fingerprint density at radius 1 is 1.53 bits per heavy atom. The summed E-state index contributed by atoms with van der Waals surface area (Å²) in [6, 6.07) is 0. The molecule has 0 fully saturated rings. The summed E-state index contributed by atoms with van der Waals surface area (Å²) in [6.07, 6.45) is 3.20. The third-order valence-corrected chi connectivity index (χ3v) is 2.08. The van der Waals surface area contributed by atoms with Crippen molar-refractivity contribution in [3.63, 3.8) is 0 Å². The summed E-state index contributed by atoms with van der Waals surface area (Å²) < 4.78 is 11.5. The molecule has 2 heterocycles. The maximum absolute atomic E-state index is 4.92. The average Bonchev–Trinajstić information content (AvgIpc) is 2.97. The average molecular weight is 238 g/mol. The molecule has 0 spiro atoms. The minimum absolute atomic E-state index is 0.436. The fourth-order valence-corrected chi connectivity index (χ4v) is 1.29. The van der Waals surface area contributed by atoms with E-state index in [1.165, 1.54) is 6.33 Å². The number of hydrogen-bond acceptors (Lipinski definition) is 7. The molecule has 0 radical (unpaired) electrons. The van der Waals surface area contributed by atoms with Gasteiger partial charge in [0.15, 0.2) is 6.33 Å². The SMILES string of the molecule is COCCNCc1cn(Cc2ncno2)nn1. The molecular formula is C9H14N6O2. The highest BCUT2D eigenvalue weighted by atomic mass is 16.5. The van der Waals surface area contributed by atoms with Crippen LogP contribution in [-0.4, -0.2) is 45.4 Å². The molecule has 2 rings (SSSR count). The Hall–Kier alpha value is -1.80. The van der Waals surface area contributed by atoms with Crippen molar-refractivity contribution in [2.75, 3.05) is 20.3 Å². The first-order valence-corrected chi connectivity index (χ1v) is 5.22. The monoisotopic (exact) mass is 238 g/mol. The van der Waals surface area contributed by atoms with Gasteiger partial charge < -0.3 is 14.6 Å². The molecule has 0 bridgehead atoms. The van der Waals surface area contributed by atoms with Crippen LogP contribution in [-0.2, 0) is 17.8 Å². The van der Waals surface area contributed by atoms with Crippen LogP contribution in [0.15, 0.2) is 17.0 Å². The van der Waals surface area contributed by atoms with Crippen LogP contribution in [0.2, 0.25) is 0 Å². The second kappa shape index (κ2) is 6.06. The van der Waals surface area contributed by atoms with E-state index in [-0.39, 0.29) is 0 Å². The Bertz CT molecular complexity index is 426. The summed E-state index contributed by atoms with van der Waals surface area (Å²) in [5, 5.41) is 14.7. The van der Waals surface area contributed by atoms with Gasteiger partial charge in [-0.2, -0.15) is 4.98 Å². The van der Waals surface area contributed by atoms with E-state index in [2.05, 4.69) is 25.8 Å². The number of nitrogens with zero attached hydrogens (tertiary/aromatic N) is 5. The largest absolute Gasteiger partial charge is 0.383 e. The van der Waals surface area contributed by atoms with Crippen molar-refractivity contribution in [1.82, 2.24) is 30.5 Å². The van der Waals surface area contributed by atoms with Crippen molar-refractivity contribution >= 4 is 0 Å². The molecule has 8 nitrogen and oxygen atoms in total. The zero-order valence-corrected chi connectivity index (χ0v) is 9.54. The maximum Gasteiger partial charge on any atom is 0.248 e. The number of ether oxygens (including phenoxy) is 1. The molecule has 0 saturated carbocycles. The van der Waals surface area contributed by atoms with Gasteiger partial charge in [0.2, 0.25) is 5.89 Å². The number of hydrogen-bond donors (Lipinski definition) is 1. The van der Waals surface area contributed by atoms with Gasteiger partial charge in [-0.3, -0.25) is 0 Å². The summed E-state index contributed by atoms with van der Waals surface area (Å²) in [5.74, 6) is 0.508. The van der Waals surface area contributed by atoms with E-state index in [0.717, 1.165) is 12.2 Å². The summed E-state index contributed by atoms with van der Waals surface area (Å²) >= 11 is 0. The maximum atomic E-state index is 4.92. The summed E-state index contributed by atoms with van der Waals surface area (Å²) in [7, 11) is 1.67. The first-order chi connectivity index (χ1) is 8.38. The van der Waals surface area contributed by atoms with Crippen LogP contribution in [0, 0.1) is 0 Å². The van der Waals surface area contributed by atoms with Crippen LogP contribution in [0.5, 0.6) is 0 Å². The van der Waals surface area contributed by atoms with Gasteiger partial charge >= 0.3 is 0 Å². The highest BCUT2D eigenvalue weighted by molar-refractivity contribution is 4.92. The Kier molecular flexibility index (Phi) is 4.17. The molecule has 0 aliphatic rings. The predicted octanol–water partition coefficient (Wildman–Crippen LogP) is -0.555. The van der Waals surface area contributed by atoms with E-state index in [9.17, 15) is 0 Å². The summed E-state index contributed by atoms with van der Waals surface area (Å²) in [6.45, 7) is 2.56. The van der Waals surface area contributed by atoms with Crippen molar-refractivity contribution in [3.8, 4) is 0 Å². The van der Waals surface area contributed by atoms with Gasteiger partial charge in [-0.1, -0.05) is 10.4 Å². The van der Waals surface area contributed by atoms with Crippen molar-refractivity contribution < 1.29 is 9.26 Å². The lowest BCUT2D eigenvalue weighted by molar-refractivity contribution is 0.199. The number of nitrogens with one attached hydrogen (secondary N) is 1. The van der Waals surface area contributed by atoms with Crippen molar-refractivity contribution in [1.29, 1.82) is 0 Å². The highest BCUT2D eigenvalue weighted by Gasteiger charge is 2.04. The van der Waals surface area contributed by atoms with E-state index in [0.29, 0.717) is 25.6 Å². The third-order valence-electron chi connectivity index (χ3n) is 2.08. The lowest BCUT2D eigenvalue weighted by atomic mass is 10.4. The quantitative estimate of drug-likeness (QED) is 0.647. The Balaban J connectivity index is 1.79. The number of aromatic nitrogens is 5. The Labute approximate surface area is 98.0 Å². The van der Waals surface area contributed by atoms with Crippen LogP contribution >= 0.6 is 0 Å². The van der Waals surface area contributed by atoms with Crippen molar-refractivity contribution in [2.45, 2.75) is 13.1 Å². The van der Waals surface area contributed by atoms with E-state index >= 15 is 0 Å². The molecule has 0 aliphatic carbocycles. The molecular weight excluding hydrogens is 224 g/mol. The fraction of sp³-hybridized carbons (Fsp3) is 0.556. The predicted molar refractivity (Wildman–Crippen MR) is 57.0 cm³/mol. The molecule has 0 atom stereocenters. The molecule has 8 heteroatoms. The smallest absolute Gasteiger partial charge is 0.248 e.